The normalized spacial score (nSPS) is 17.9. The van der Waals surface area contributed by atoms with Crippen molar-refractivity contribution >= 4 is 17.3 Å². The fraction of sp³-hybridized carbons (Fsp3) is 0.462. The Morgan fingerprint density at radius 2 is 2.05 bits per heavy atom. The molecule has 1 aliphatic heterocycles. The quantitative estimate of drug-likeness (QED) is 0.580. The molecule has 0 bridgehead atoms. The molecule has 0 aliphatic carbocycles. The van der Waals surface area contributed by atoms with Gasteiger partial charge in [-0.1, -0.05) is 0 Å². The van der Waals surface area contributed by atoms with Crippen LogP contribution >= 0.6 is 0 Å². The van der Waals surface area contributed by atoms with E-state index in [-0.39, 0.29) is 12.5 Å². The van der Waals surface area contributed by atoms with Gasteiger partial charge in [0.05, 0.1) is 11.2 Å². The molecule has 1 aromatic rings. The van der Waals surface area contributed by atoms with Crippen LogP contribution in [-0.2, 0) is 4.74 Å². The van der Waals surface area contributed by atoms with Crippen LogP contribution in [0.25, 0.3) is 0 Å². The van der Waals surface area contributed by atoms with E-state index in [4.69, 9.17) is 16.2 Å². The summed E-state index contributed by atoms with van der Waals surface area (Å²) >= 11 is 0. The van der Waals surface area contributed by atoms with E-state index >= 15 is 0 Å². The van der Waals surface area contributed by atoms with E-state index in [1.54, 1.807) is 12.1 Å². The lowest BCUT2D eigenvalue weighted by atomic mass is 9.94. The van der Waals surface area contributed by atoms with Crippen LogP contribution in [0.15, 0.2) is 18.2 Å². The van der Waals surface area contributed by atoms with Crippen LogP contribution in [0.5, 0.6) is 0 Å². The minimum atomic E-state index is -0.892. The zero-order chi connectivity index (χ0) is 13.9. The fourth-order valence-electron chi connectivity index (χ4n) is 2.06. The Balaban J connectivity index is 1.97. The molecule has 6 N–H and O–H groups in total. The number of ether oxygens (including phenoxy) is 1. The molecule has 1 aromatic carbocycles. The van der Waals surface area contributed by atoms with Gasteiger partial charge in [0.2, 0.25) is 0 Å². The summed E-state index contributed by atoms with van der Waals surface area (Å²) in [6.45, 7) is 1.21. The molecule has 1 saturated heterocycles. The fourth-order valence-corrected chi connectivity index (χ4v) is 2.06. The summed E-state index contributed by atoms with van der Waals surface area (Å²) in [5, 5.41) is 12.9. The molecule has 1 fully saturated rings. The third-order valence-electron chi connectivity index (χ3n) is 3.32. The van der Waals surface area contributed by atoms with Gasteiger partial charge in [-0.3, -0.25) is 4.79 Å². The highest BCUT2D eigenvalue weighted by Crippen LogP contribution is 2.20. The molecular weight excluding hydrogens is 246 g/mol. The van der Waals surface area contributed by atoms with Crippen molar-refractivity contribution in [2.24, 2.45) is 0 Å². The van der Waals surface area contributed by atoms with Crippen molar-refractivity contribution in [3.63, 3.8) is 0 Å². The summed E-state index contributed by atoms with van der Waals surface area (Å²) in [5.41, 5.74) is 11.6. The first-order valence-electron chi connectivity index (χ1n) is 6.23. The first-order valence-corrected chi connectivity index (χ1v) is 6.23. The van der Waals surface area contributed by atoms with E-state index < -0.39 is 5.60 Å². The second-order valence-corrected chi connectivity index (χ2v) is 4.87. The van der Waals surface area contributed by atoms with Gasteiger partial charge < -0.3 is 26.6 Å². The van der Waals surface area contributed by atoms with Crippen molar-refractivity contribution in [2.45, 2.75) is 18.4 Å². The highest BCUT2D eigenvalue weighted by Gasteiger charge is 2.30. The van der Waals surface area contributed by atoms with Crippen molar-refractivity contribution in [3.8, 4) is 0 Å². The number of anilines is 2. The zero-order valence-corrected chi connectivity index (χ0v) is 10.7. The lowest BCUT2D eigenvalue weighted by Gasteiger charge is -2.32. The Hall–Kier alpha value is -1.79. The molecule has 104 valence electrons. The summed E-state index contributed by atoms with van der Waals surface area (Å²) in [6.07, 6.45) is 1.04. The molecular formula is C13H19N3O3. The Bertz CT molecular complexity index is 470. The molecule has 2 rings (SSSR count). The maximum absolute atomic E-state index is 12.0. The van der Waals surface area contributed by atoms with Crippen molar-refractivity contribution in [3.05, 3.63) is 23.8 Å². The molecule has 0 aromatic heterocycles. The first-order chi connectivity index (χ1) is 9.00. The van der Waals surface area contributed by atoms with Crippen LogP contribution in [0.3, 0.4) is 0 Å². The average molecular weight is 265 g/mol. The molecule has 0 radical (unpaired) electrons. The van der Waals surface area contributed by atoms with Gasteiger partial charge in [0.15, 0.2) is 0 Å². The molecule has 0 unspecified atom stereocenters. The lowest BCUT2D eigenvalue weighted by molar-refractivity contribution is -0.0605. The molecule has 0 saturated carbocycles. The van der Waals surface area contributed by atoms with Crippen molar-refractivity contribution in [1.82, 2.24) is 5.32 Å². The summed E-state index contributed by atoms with van der Waals surface area (Å²) in [6, 6.07) is 4.74. The standard InChI is InChI=1S/C13H19N3O3/c14-9-1-2-10(11(15)7-9)12(17)16-8-13(18)3-5-19-6-4-13/h1-2,7,18H,3-6,8,14-15H2,(H,16,17). The molecule has 0 spiro atoms. The molecule has 1 heterocycles. The van der Waals surface area contributed by atoms with E-state index in [2.05, 4.69) is 5.32 Å². The van der Waals surface area contributed by atoms with Gasteiger partial charge in [-0.25, -0.2) is 0 Å². The minimum Gasteiger partial charge on any atom is -0.399 e. The van der Waals surface area contributed by atoms with Crippen molar-refractivity contribution in [2.75, 3.05) is 31.2 Å². The topological polar surface area (TPSA) is 111 Å². The average Bonchev–Trinajstić information content (AvgIpc) is 2.37. The lowest BCUT2D eigenvalue weighted by Crippen LogP contribution is -2.46. The first kappa shape index (κ1) is 13.6. The number of carbonyl (C=O) groups excluding carboxylic acids is 1. The highest BCUT2D eigenvalue weighted by atomic mass is 16.5. The number of amides is 1. The summed E-state index contributed by atoms with van der Waals surface area (Å²) in [4.78, 5) is 12.0. The van der Waals surface area contributed by atoms with Gasteiger partial charge in [-0.05, 0) is 18.2 Å². The number of hydrogen-bond acceptors (Lipinski definition) is 5. The maximum Gasteiger partial charge on any atom is 0.253 e. The van der Waals surface area contributed by atoms with E-state index in [0.29, 0.717) is 43.0 Å². The summed E-state index contributed by atoms with van der Waals surface area (Å²) < 4.78 is 5.18. The third-order valence-corrected chi connectivity index (χ3v) is 3.32. The van der Waals surface area contributed by atoms with Crippen molar-refractivity contribution < 1.29 is 14.6 Å². The second kappa shape index (κ2) is 5.46. The molecule has 6 nitrogen and oxygen atoms in total. The molecule has 0 atom stereocenters. The van der Waals surface area contributed by atoms with Gasteiger partial charge in [0, 0.05) is 44.0 Å². The monoisotopic (exact) mass is 265 g/mol. The molecule has 6 heteroatoms. The number of nitrogens with one attached hydrogen (secondary N) is 1. The van der Waals surface area contributed by atoms with Crippen LogP contribution in [-0.4, -0.2) is 36.4 Å². The Morgan fingerprint density at radius 3 is 2.68 bits per heavy atom. The van der Waals surface area contributed by atoms with E-state index in [1.807, 2.05) is 0 Å². The minimum absolute atomic E-state index is 0.193. The van der Waals surface area contributed by atoms with Crippen LogP contribution in [0.2, 0.25) is 0 Å². The van der Waals surface area contributed by atoms with E-state index in [0.717, 1.165) is 0 Å². The van der Waals surface area contributed by atoms with Gasteiger partial charge in [-0.15, -0.1) is 0 Å². The summed E-state index contributed by atoms with van der Waals surface area (Å²) in [7, 11) is 0. The number of rotatable bonds is 3. The zero-order valence-electron chi connectivity index (χ0n) is 10.7. The number of benzene rings is 1. The van der Waals surface area contributed by atoms with Crippen LogP contribution in [0.4, 0.5) is 11.4 Å². The SMILES string of the molecule is Nc1ccc(C(=O)NCC2(O)CCOCC2)c(N)c1. The predicted molar refractivity (Wildman–Crippen MR) is 72.6 cm³/mol. The number of nitrogen functional groups attached to an aromatic ring is 2. The smallest absolute Gasteiger partial charge is 0.253 e. The summed E-state index contributed by atoms with van der Waals surface area (Å²) in [5.74, 6) is -0.308. The van der Waals surface area contributed by atoms with Gasteiger partial charge in [0.1, 0.15) is 0 Å². The van der Waals surface area contributed by atoms with E-state index in [1.165, 1.54) is 6.07 Å². The number of aliphatic hydroxyl groups is 1. The number of hydrogen-bond donors (Lipinski definition) is 4. The highest BCUT2D eigenvalue weighted by molar-refractivity contribution is 5.99. The Labute approximate surface area is 111 Å². The Morgan fingerprint density at radius 1 is 1.37 bits per heavy atom. The van der Waals surface area contributed by atoms with Gasteiger partial charge >= 0.3 is 0 Å². The van der Waals surface area contributed by atoms with Crippen LogP contribution < -0.4 is 16.8 Å². The Kier molecular flexibility index (Phi) is 3.92. The largest absolute Gasteiger partial charge is 0.399 e. The molecule has 1 aliphatic rings. The van der Waals surface area contributed by atoms with Crippen LogP contribution in [0.1, 0.15) is 23.2 Å². The van der Waals surface area contributed by atoms with Crippen LogP contribution in [0, 0.1) is 0 Å². The number of carbonyl (C=O) groups is 1. The second-order valence-electron chi connectivity index (χ2n) is 4.87. The maximum atomic E-state index is 12.0. The third kappa shape index (κ3) is 3.36. The molecule has 19 heavy (non-hydrogen) atoms. The van der Waals surface area contributed by atoms with E-state index in [9.17, 15) is 9.90 Å². The predicted octanol–water partition coefficient (Wildman–Crippen LogP) is 0.122. The van der Waals surface area contributed by atoms with Crippen molar-refractivity contribution in [1.29, 1.82) is 0 Å². The number of nitrogens with two attached hydrogens (primary N) is 2. The van der Waals surface area contributed by atoms with Gasteiger partial charge in [0.25, 0.3) is 5.91 Å². The molecule has 1 amide bonds. The van der Waals surface area contributed by atoms with Gasteiger partial charge in [-0.2, -0.15) is 0 Å².